The van der Waals surface area contributed by atoms with Crippen LogP contribution in [-0.4, -0.2) is 40.9 Å². The zero-order chi connectivity index (χ0) is 13.8. The van der Waals surface area contributed by atoms with Crippen molar-refractivity contribution in [2.75, 3.05) is 30.9 Å². The molecule has 2 heterocycles. The zero-order valence-electron chi connectivity index (χ0n) is 10.8. The number of hydrogen-bond donors (Lipinski definition) is 3. The average Bonchev–Trinajstić information content (AvgIpc) is 2.91. The lowest BCUT2D eigenvalue weighted by Crippen LogP contribution is -2.32. The number of nitrogens with one attached hydrogen (secondary N) is 2. The number of hydrogen-bond acceptors (Lipinski definition) is 7. The number of hydrazine groups is 1. The number of nitrogen functional groups attached to an aromatic ring is 1. The predicted molar refractivity (Wildman–Crippen MR) is 77.0 cm³/mol. The van der Waals surface area contributed by atoms with Gasteiger partial charge in [-0.3, -0.25) is 10.2 Å². The molecule has 0 aliphatic heterocycles. The van der Waals surface area contributed by atoms with Crippen molar-refractivity contribution in [3.05, 3.63) is 11.4 Å². The fraction of sp³-hybridized carbons (Fsp3) is 0.364. The highest BCUT2D eigenvalue weighted by atomic mass is 32.1. The largest absolute Gasteiger partial charge is 0.360 e. The van der Waals surface area contributed by atoms with Crippen LogP contribution < -0.4 is 16.6 Å². The smallest absolute Gasteiger partial charge is 0.241 e. The van der Waals surface area contributed by atoms with Crippen molar-refractivity contribution in [3.8, 4) is 0 Å². The maximum absolute atomic E-state index is 11.8. The zero-order valence-corrected chi connectivity index (χ0v) is 11.6. The SMILES string of the molecule is CCN(C)C(=O)CNc1nc(NN)nc2sccc12. The van der Waals surface area contributed by atoms with Crippen LogP contribution in [0.3, 0.4) is 0 Å². The Labute approximate surface area is 114 Å². The summed E-state index contributed by atoms with van der Waals surface area (Å²) < 4.78 is 0. The normalized spacial score (nSPS) is 10.5. The van der Waals surface area contributed by atoms with Gasteiger partial charge in [-0.15, -0.1) is 11.3 Å². The lowest BCUT2D eigenvalue weighted by molar-refractivity contribution is -0.127. The monoisotopic (exact) mass is 280 g/mol. The summed E-state index contributed by atoms with van der Waals surface area (Å²) in [5.74, 6) is 6.27. The molecule has 7 nitrogen and oxygen atoms in total. The summed E-state index contributed by atoms with van der Waals surface area (Å²) in [5.41, 5.74) is 2.42. The lowest BCUT2D eigenvalue weighted by atomic mass is 10.3. The van der Waals surface area contributed by atoms with Gasteiger partial charge in [-0.1, -0.05) is 0 Å². The second-order valence-corrected chi connectivity index (χ2v) is 4.84. The molecule has 0 fully saturated rings. The molecule has 0 aliphatic carbocycles. The van der Waals surface area contributed by atoms with Crippen molar-refractivity contribution in [2.24, 2.45) is 5.84 Å². The first-order chi connectivity index (χ1) is 9.15. The summed E-state index contributed by atoms with van der Waals surface area (Å²) in [7, 11) is 1.76. The highest BCUT2D eigenvalue weighted by molar-refractivity contribution is 7.16. The number of fused-ring (bicyclic) bond motifs is 1. The molecule has 102 valence electrons. The minimum Gasteiger partial charge on any atom is -0.360 e. The van der Waals surface area contributed by atoms with Crippen LogP contribution in [0.15, 0.2) is 11.4 Å². The minimum absolute atomic E-state index is 0.00625. The molecular formula is C11H16N6OS. The second kappa shape index (κ2) is 5.81. The van der Waals surface area contributed by atoms with E-state index in [1.807, 2.05) is 18.4 Å². The van der Waals surface area contributed by atoms with Crippen molar-refractivity contribution in [1.29, 1.82) is 0 Å². The quantitative estimate of drug-likeness (QED) is 0.555. The molecule has 0 aliphatic rings. The van der Waals surface area contributed by atoms with E-state index in [0.717, 1.165) is 10.2 Å². The number of carbonyl (C=O) groups excluding carboxylic acids is 1. The van der Waals surface area contributed by atoms with E-state index >= 15 is 0 Å². The molecule has 0 unspecified atom stereocenters. The van der Waals surface area contributed by atoms with Crippen LogP contribution >= 0.6 is 11.3 Å². The molecule has 0 saturated heterocycles. The fourth-order valence-corrected chi connectivity index (χ4v) is 2.29. The molecule has 1 amide bonds. The Morgan fingerprint density at radius 1 is 1.53 bits per heavy atom. The summed E-state index contributed by atoms with van der Waals surface area (Å²) in [4.78, 5) is 22.7. The molecular weight excluding hydrogens is 264 g/mol. The summed E-state index contributed by atoms with van der Waals surface area (Å²) in [5, 5.41) is 5.84. The Balaban J connectivity index is 2.19. The number of anilines is 2. The maximum Gasteiger partial charge on any atom is 0.241 e. The van der Waals surface area contributed by atoms with Gasteiger partial charge in [0, 0.05) is 13.6 Å². The molecule has 0 radical (unpaired) electrons. The van der Waals surface area contributed by atoms with E-state index < -0.39 is 0 Å². The molecule has 0 saturated carbocycles. The number of nitrogens with zero attached hydrogens (tertiary/aromatic N) is 3. The van der Waals surface area contributed by atoms with Crippen LogP contribution in [0.25, 0.3) is 10.2 Å². The Morgan fingerprint density at radius 3 is 3.00 bits per heavy atom. The number of thiophene rings is 1. The van der Waals surface area contributed by atoms with Crippen molar-refractivity contribution in [2.45, 2.75) is 6.92 Å². The third-order valence-electron chi connectivity index (χ3n) is 2.76. The molecule has 0 atom stereocenters. The third-order valence-corrected chi connectivity index (χ3v) is 3.57. The molecule has 4 N–H and O–H groups in total. The Bertz CT molecular complexity index is 584. The topological polar surface area (TPSA) is 96.2 Å². The van der Waals surface area contributed by atoms with Crippen molar-refractivity contribution in [1.82, 2.24) is 14.9 Å². The van der Waals surface area contributed by atoms with Gasteiger partial charge in [-0.05, 0) is 18.4 Å². The van der Waals surface area contributed by atoms with Crippen molar-refractivity contribution < 1.29 is 4.79 Å². The van der Waals surface area contributed by atoms with Gasteiger partial charge in [-0.2, -0.15) is 4.98 Å². The first kappa shape index (κ1) is 13.5. The minimum atomic E-state index is 0.00625. The van der Waals surface area contributed by atoms with Crippen LogP contribution in [0.1, 0.15) is 6.92 Å². The van der Waals surface area contributed by atoms with Crippen LogP contribution in [0.5, 0.6) is 0 Å². The van der Waals surface area contributed by atoms with Gasteiger partial charge in [0.25, 0.3) is 0 Å². The highest BCUT2D eigenvalue weighted by Gasteiger charge is 2.11. The number of amides is 1. The number of rotatable bonds is 5. The maximum atomic E-state index is 11.8. The third kappa shape index (κ3) is 2.91. The number of carbonyl (C=O) groups is 1. The van der Waals surface area contributed by atoms with Gasteiger partial charge >= 0.3 is 0 Å². The molecule has 2 rings (SSSR count). The Hall–Kier alpha value is -1.93. The standard InChI is InChI=1S/C11H16N6OS/c1-3-17(2)8(18)6-13-9-7-4-5-19-10(7)15-11(14-9)16-12/h4-5H,3,6,12H2,1-2H3,(H2,13,14,15,16). The number of nitrogens with two attached hydrogens (primary N) is 1. The van der Waals surface area contributed by atoms with Gasteiger partial charge in [0.1, 0.15) is 10.6 Å². The van der Waals surface area contributed by atoms with Gasteiger partial charge < -0.3 is 10.2 Å². The summed E-state index contributed by atoms with van der Waals surface area (Å²) >= 11 is 1.49. The molecule has 2 aromatic heterocycles. The van der Waals surface area contributed by atoms with E-state index in [1.165, 1.54) is 11.3 Å². The van der Waals surface area contributed by atoms with Crippen LogP contribution in [0, 0.1) is 0 Å². The molecule has 0 aromatic carbocycles. The van der Waals surface area contributed by atoms with E-state index in [2.05, 4.69) is 20.7 Å². The molecule has 2 aromatic rings. The van der Waals surface area contributed by atoms with Crippen molar-refractivity contribution in [3.63, 3.8) is 0 Å². The Kier molecular flexibility index (Phi) is 4.13. The van der Waals surface area contributed by atoms with Crippen LogP contribution in [0.4, 0.5) is 11.8 Å². The van der Waals surface area contributed by atoms with Gasteiger partial charge in [-0.25, -0.2) is 10.8 Å². The molecule has 0 bridgehead atoms. The predicted octanol–water partition coefficient (Wildman–Crippen LogP) is 0.867. The fourth-order valence-electron chi connectivity index (χ4n) is 1.53. The number of likely N-dealkylation sites (N-methyl/N-ethyl adjacent to an activating group) is 1. The van der Waals surface area contributed by atoms with E-state index in [0.29, 0.717) is 18.3 Å². The van der Waals surface area contributed by atoms with Gasteiger partial charge in [0.05, 0.1) is 11.9 Å². The van der Waals surface area contributed by atoms with Crippen molar-refractivity contribution >= 4 is 39.2 Å². The van der Waals surface area contributed by atoms with E-state index in [9.17, 15) is 4.79 Å². The highest BCUT2D eigenvalue weighted by Crippen LogP contribution is 2.25. The summed E-state index contributed by atoms with van der Waals surface area (Å²) in [6, 6.07) is 1.91. The van der Waals surface area contributed by atoms with Gasteiger partial charge in [0.15, 0.2) is 0 Å². The molecule has 0 spiro atoms. The lowest BCUT2D eigenvalue weighted by Gasteiger charge is -2.15. The molecule has 19 heavy (non-hydrogen) atoms. The first-order valence-corrected chi connectivity index (χ1v) is 6.73. The van der Waals surface area contributed by atoms with Crippen LogP contribution in [0.2, 0.25) is 0 Å². The molecule has 8 heteroatoms. The summed E-state index contributed by atoms with van der Waals surface area (Å²) in [6.45, 7) is 2.79. The number of aromatic nitrogens is 2. The Morgan fingerprint density at radius 2 is 2.32 bits per heavy atom. The second-order valence-electron chi connectivity index (χ2n) is 3.94. The van der Waals surface area contributed by atoms with E-state index in [4.69, 9.17) is 5.84 Å². The summed E-state index contributed by atoms with van der Waals surface area (Å²) in [6.07, 6.45) is 0. The van der Waals surface area contributed by atoms with Gasteiger partial charge in [0.2, 0.25) is 11.9 Å². The van der Waals surface area contributed by atoms with Crippen LogP contribution in [-0.2, 0) is 4.79 Å². The van der Waals surface area contributed by atoms with E-state index in [1.54, 1.807) is 11.9 Å². The van der Waals surface area contributed by atoms with E-state index in [-0.39, 0.29) is 12.5 Å². The first-order valence-electron chi connectivity index (χ1n) is 5.85. The average molecular weight is 280 g/mol.